The SMILES string of the molecule is CCOc1cc(/C=N\NC(=O)C(=O)Nc2ccccc2CC)cc(I)c1OCC(=O)Nc1c(C)cc(C)cc1C. The summed E-state index contributed by atoms with van der Waals surface area (Å²) in [6, 6.07) is 14.7. The number of hydrogen-bond donors (Lipinski definition) is 3. The van der Waals surface area contributed by atoms with E-state index in [-0.39, 0.29) is 12.5 Å². The molecule has 40 heavy (non-hydrogen) atoms. The van der Waals surface area contributed by atoms with Crippen LogP contribution in [-0.2, 0) is 20.8 Å². The number of aryl methyl sites for hydroxylation is 4. The predicted octanol–water partition coefficient (Wildman–Crippen LogP) is 5.28. The van der Waals surface area contributed by atoms with Crippen molar-refractivity contribution in [3.8, 4) is 11.5 Å². The van der Waals surface area contributed by atoms with E-state index in [2.05, 4.69) is 43.8 Å². The highest BCUT2D eigenvalue weighted by Crippen LogP contribution is 2.34. The van der Waals surface area contributed by atoms with Crippen molar-refractivity contribution in [2.45, 2.75) is 41.0 Å². The Bertz CT molecular complexity index is 1410. The maximum absolute atomic E-state index is 12.7. The molecule has 0 atom stereocenters. The first-order valence-corrected chi connectivity index (χ1v) is 13.9. The van der Waals surface area contributed by atoms with Crippen LogP contribution in [0.2, 0.25) is 0 Å². The highest BCUT2D eigenvalue weighted by molar-refractivity contribution is 14.1. The Morgan fingerprint density at radius 2 is 1.62 bits per heavy atom. The van der Waals surface area contributed by atoms with E-state index < -0.39 is 11.8 Å². The molecular weight excluding hydrogens is 623 g/mol. The van der Waals surface area contributed by atoms with Crippen LogP contribution in [-0.4, -0.2) is 37.1 Å². The molecule has 0 bridgehead atoms. The van der Waals surface area contributed by atoms with Crippen molar-refractivity contribution in [2.24, 2.45) is 5.10 Å². The fraction of sp³-hybridized carbons (Fsp3) is 0.267. The molecule has 0 unspecified atom stereocenters. The molecule has 0 heterocycles. The van der Waals surface area contributed by atoms with Crippen LogP contribution in [0.15, 0.2) is 53.6 Å². The number of nitrogens with one attached hydrogen (secondary N) is 3. The summed E-state index contributed by atoms with van der Waals surface area (Å²) >= 11 is 2.08. The van der Waals surface area contributed by atoms with E-state index >= 15 is 0 Å². The molecule has 3 N–H and O–H groups in total. The number of halogens is 1. The molecule has 0 saturated heterocycles. The molecule has 210 valence electrons. The van der Waals surface area contributed by atoms with Crippen LogP contribution in [0.4, 0.5) is 11.4 Å². The second-order valence-corrected chi connectivity index (χ2v) is 10.2. The zero-order valence-electron chi connectivity index (χ0n) is 23.2. The Morgan fingerprint density at radius 3 is 2.30 bits per heavy atom. The van der Waals surface area contributed by atoms with Crippen molar-refractivity contribution in [3.63, 3.8) is 0 Å². The number of benzene rings is 3. The second kappa shape index (κ2) is 14.5. The van der Waals surface area contributed by atoms with Gasteiger partial charge in [0.25, 0.3) is 5.91 Å². The van der Waals surface area contributed by atoms with Gasteiger partial charge in [0.15, 0.2) is 18.1 Å². The maximum Gasteiger partial charge on any atom is 0.329 e. The molecule has 3 amide bonds. The summed E-state index contributed by atoms with van der Waals surface area (Å²) in [6.07, 6.45) is 2.11. The lowest BCUT2D eigenvalue weighted by atomic mass is 10.1. The highest BCUT2D eigenvalue weighted by Gasteiger charge is 2.16. The zero-order chi connectivity index (χ0) is 29.2. The number of anilines is 2. The lowest BCUT2D eigenvalue weighted by Crippen LogP contribution is -2.32. The van der Waals surface area contributed by atoms with E-state index in [0.717, 1.165) is 27.9 Å². The monoisotopic (exact) mass is 656 g/mol. The molecule has 0 aliphatic rings. The van der Waals surface area contributed by atoms with E-state index in [1.54, 1.807) is 24.3 Å². The predicted molar refractivity (Wildman–Crippen MR) is 165 cm³/mol. The third-order valence-corrected chi connectivity index (χ3v) is 6.65. The van der Waals surface area contributed by atoms with Crippen LogP contribution in [0.5, 0.6) is 11.5 Å². The van der Waals surface area contributed by atoms with Crippen molar-refractivity contribution in [1.29, 1.82) is 0 Å². The fourth-order valence-electron chi connectivity index (χ4n) is 4.10. The van der Waals surface area contributed by atoms with E-state index in [0.29, 0.717) is 39.3 Å². The largest absolute Gasteiger partial charge is 0.490 e. The van der Waals surface area contributed by atoms with Gasteiger partial charge in [-0.3, -0.25) is 14.4 Å². The minimum atomic E-state index is -0.896. The number of para-hydroxylation sites is 1. The van der Waals surface area contributed by atoms with E-state index in [1.165, 1.54) is 6.21 Å². The summed E-state index contributed by atoms with van der Waals surface area (Å²) in [5.74, 6) is -1.16. The first kappa shape index (κ1) is 30.6. The summed E-state index contributed by atoms with van der Waals surface area (Å²) in [6.45, 7) is 9.88. The van der Waals surface area contributed by atoms with Crippen molar-refractivity contribution < 1.29 is 23.9 Å². The van der Waals surface area contributed by atoms with Gasteiger partial charge in [0.2, 0.25) is 0 Å². The average Bonchev–Trinajstić information content (AvgIpc) is 2.90. The van der Waals surface area contributed by atoms with Crippen LogP contribution < -0.4 is 25.5 Å². The zero-order valence-corrected chi connectivity index (χ0v) is 25.3. The van der Waals surface area contributed by atoms with Crippen molar-refractivity contribution >= 4 is 57.9 Å². The summed E-state index contributed by atoms with van der Waals surface area (Å²) in [5, 5.41) is 9.44. The number of hydrazone groups is 1. The first-order valence-electron chi connectivity index (χ1n) is 12.8. The van der Waals surface area contributed by atoms with E-state index in [4.69, 9.17) is 9.47 Å². The highest BCUT2D eigenvalue weighted by atomic mass is 127. The third kappa shape index (κ3) is 8.28. The van der Waals surface area contributed by atoms with Crippen LogP contribution in [0, 0.1) is 24.3 Å². The van der Waals surface area contributed by atoms with E-state index in [1.807, 2.05) is 58.9 Å². The van der Waals surface area contributed by atoms with Crippen molar-refractivity contribution in [3.05, 3.63) is 79.9 Å². The molecule has 0 aromatic heterocycles. The Morgan fingerprint density at radius 1 is 0.925 bits per heavy atom. The Labute approximate surface area is 247 Å². The first-order chi connectivity index (χ1) is 19.1. The Hall–Kier alpha value is -3.93. The van der Waals surface area contributed by atoms with Gasteiger partial charge in [0.1, 0.15) is 0 Å². The van der Waals surface area contributed by atoms with Gasteiger partial charge in [-0.05, 0) is 97.2 Å². The lowest BCUT2D eigenvalue weighted by Gasteiger charge is -2.16. The number of rotatable bonds is 10. The topological polar surface area (TPSA) is 118 Å². The smallest absolute Gasteiger partial charge is 0.329 e. The summed E-state index contributed by atoms with van der Waals surface area (Å²) in [7, 11) is 0. The molecule has 0 saturated carbocycles. The van der Waals surface area contributed by atoms with Gasteiger partial charge in [-0.25, -0.2) is 5.43 Å². The number of hydrogen-bond acceptors (Lipinski definition) is 6. The summed E-state index contributed by atoms with van der Waals surface area (Å²) < 4.78 is 12.3. The number of ether oxygens (including phenoxy) is 2. The van der Waals surface area contributed by atoms with E-state index in [9.17, 15) is 14.4 Å². The molecule has 0 spiro atoms. The van der Waals surface area contributed by atoms with Gasteiger partial charge < -0.3 is 20.1 Å². The van der Waals surface area contributed by atoms with Crippen molar-refractivity contribution in [2.75, 3.05) is 23.8 Å². The van der Waals surface area contributed by atoms with Crippen LogP contribution >= 0.6 is 22.6 Å². The average molecular weight is 657 g/mol. The molecule has 10 heteroatoms. The molecule has 0 fully saturated rings. The van der Waals surface area contributed by atoms with Gasteiger partial charge >= 0.3 is 11.8 Å². The molecule has 0 radical (unpaired) electrons. The number of carbonyl (C=O) groups excluding carboxylic acids is 3. The summed E-state index contributed by atoms with van der Waals surface area (Å²) in [5.41, 5.74) is 8.21. The maximum atomic E-state index is 12.7. The van der Waals surface area contributed by atoms with Crippen LogP contribution in [0.3, 0.4) is 0 Å². The number of carbonyl (C=O) groups is 3. The molecular formula is C30H33IN4O5. The van der Waals surface area contributed by atoms with Crippen LogP contribution in [0.25, 0.3) is 0 Å². The van der Waals surface area contributed by atoms with Gasteiger partial charge in [-0.1, -0.05) is 42.8 Å². The number of amides is 3. The molecule has 0 aliphatic carbocycles. The molecule has 3 aromatic rings. The quantitative estimate of drug-likeness (QED) is 0.119. The number of nitrogens with zero attached hydrogens (tertiary/aromatic N) is 1. The Balaban J connectivity index is 1.64. The third-order valence-electron chi connectivity index (χ3n) is 5.85. The van der Waals surface area contributed by atoms with Crippen LogP contribution in [0.1, 0.15) is 41.7 Å². The molecule has 0 aliphatic heterocycles. The van der Waals surface area contributed by atoms with Crippen molar-refractivity contribution in [1.82, 2.24) is 5.43 Å². The fourth-order valence-corrected chi connectivity index (χ4v) is 4.88. The van der Waals surface area contributed by atoms with Gasteiger partial charge in [-0.15, -0.1) is 0 Å². The van der Waals surface area contributed by atoms with Gasteiger partial charge in [0, 0.05) is 11.4 Å². The molecule has 3 aromatic carbocycles. The summed E-state index contributed by atoms with van der Waals surface area (Å²) in [4.78, 5) is 37.2. The second-order valence-electron chi connectivity index (χ2n) is 9.04. The normalized spacial score (nSPS) is 10.8. The lowest BCUT2D eigenvalue weighted by molar-refractivity contribution is -0.136. The van der Waals surface area contributed by atoms with Gasteiger partial charge in [-0.2, -0.15) is 5.10 Å². The molecule has 3 rings (SSSR count). The standard InChI is InChI=1S/C30H33IN4O5/c1-6-22-10-8-9-11-24(22)33-29(37)30(38)35-32-16-21-14-23(31)28(25(15-21)39-7-2)40-17-26(36)34-27-19(4)12-18(3)13-20(27)5/h8-16H,6-7,17H2,1-5H3,(H,33,37)(H,34,36)(H,35,38)/b32-16-. The minimum absolute atomic E-state index is 0.206. The minimum Gasteiger partial charge on any atom is -0.490 e. The van der Waals surface area contributed by atoms with Gasteiger partial charge in [0.05, 0.1) is 16.4 Å². The Kier molecular flexibility index (Phi) is 11.1. The molecule has 9 nitrogen and oxygen atoms in total.